The Labute approximate surface area is 207 Å². The maximum Gasteiger partial charge on any atom is 4.00 e. The second kappa shape index (κ2) is 19.0. The summed E-state index contributed by atoms with van der Waals surface area (Å²) >= 11 is 0. The Morgan fingerprint density at radius 3 is 2.00 bits per heavy atom. The van der Waals surface area contributed by atoms with Crippen molar-refractivity contribution in [1.29, 1.82) is 0 Å². The fourth-order valence-electron chi connectivity index (χ4n) is 3.16. The summed E-state index contributed by atoms with van der Waals surface area (Å²) < 4.78 is 0. The minimum absolute atomic E-state index is 0. The van der Waals surface area contributed by atoms with Crippen LogP contribution in [0.2, 0.25) is 0 Å². The fraction of sp³-hybridized carbons (Fsp3) is 0.577. The van der Waals surface area contributed by atoms with E-state index in [0.29, 0.717) is 11.8 Å². The topological polar surface area (TPSA) is 40.6 Å². The molecule has 0 N–H and O–H groups in total. The van der Waals surface area contributed by atoms with Crippen LogP contribution >= 0.6 is 0 Å². The number of hydrogen-bond acceptors (Lipinski definition) is 1. The average molecular weight is 578 g/mol. The molecule has 1 aliphatic carbocycles. The molecule has 0 unspecified atom stereocenters. The summed E-state index contributed by atoms with van der Waals surface area (Å²) in [7, 11) is 3.50. The molecule has 0 spiro atoms. The molecular weight excluding hydrogens is 533 g/mol. The number of allylic oxidation sites excluding steroid dienone is 2. The van der Waals surface area contributed by atoms with E-state index < -0.39 is 0 Å². The quantitative estimate of drug-likeness (QED) is 0.177. The van der Waals surface area contributed by atoms with E-state index in [-0.39, 0.29) is 40.7 Å². The van der Waals surface area contributed by atoms with Gasteiger partial charge < -0.3 is 25.5 Å². The molecule has 0 atom stereocenters. The van der Waals surface area contributed by atoms with Gasteiger partial charge in [-0.05, 0) is 37.5 Å². The molecule has 0 aliphatic heterocycles. The Morgan fingerprint density at radius 1 is 1.00 bits per heavy atom. The van der Waals surface area contributed by atoms with Crippen molar-refractivity contribution in [3.05, 3.63) is 66.6 Å². The number of benzene rings is 1. The van der Waals surface area contributed by atoms with E-state index in [9.17, 15) is 0 Å². The van der Waals surface area contributed by atoms with Crippen molar-refractivity contribution in [2.45, 2.75) is 78.6 Å². The van der Waals surface area contributed by atoms with Gasteiger partial charge in [-0.15, -0.1) is 11.4 Å². The third-order valence-electron chi connectivity index (χ3n) is 4.64. The smallest absolute Gasteiger partial charge is 0.668 e. The number of hydrogen-bond donors (Lipinski definition) is 0. The first kappa shape index (κ1) is 33.9. The van der Waals surface area contributed by atoms with E-state index in [0.717, 1.165) is 31.5 Å². The van der Waals surface area contributed by atoms with E-state index in [1.807, 2.05) is 0 Å². The summed E-state index contributed by atoms with van der Waals surface area (Å²) in [5.74, 6) is 0.958. The zero-order chi connectivity index (χ0) is 20.2. The first-order valence-corrected chi connectivity index (χ1v) is 10.5. The Bertz CT molecular complexity index is 592. The third kappa shape index (κ3) is 11.0. The van der Waals surface area contributed by atoms with Gasteiger partial charge in [0.05, 0.1) is 0 Å². The summed E-state index contributed by atoms with van der Waals surface area (Å²) in [5, 5.41) is 8.65. The van der Waals surface area contributed by atoms with Gasteiger partial charge in [0, 0.05) is 12.3 Å². The van der Waals surface area contributed by atoms with Gasteiger partial charge >= 0.3 is 25.8 Å². The zero-order valence-corrected chi connectivity index (χ0v) is 24.6. The van der Waals surface area contributed by atoms with Gasteiger partial charge in [-0.1, -0.05) is 76.4 Å². The Kier molecular flexibility index (Phi) is 21.4. The average Bonchev–Trinajstić information content (AvgIpc) is 2.63. The van der Waals surface area contributed by atoms with Crippen LogP contribution in [-0.2, 0) is 25.8 Å². The van der Waals surface area contributed by atoms with Crippen molar-refractivity contribution >= 4 is 11.4 Å². The van der Waals surface area contributed by atoms with Gasteiger partial charge in [0.25, 0.3) is 0 Å². The summed E-state index contributed by atoms with van der Waals surface area (Å²) in [5.41, 5.74) is 6.20. The molecule has 1 aromatic rings. The normalized spacial score (nSPS) is 14.0. The van der Waals surface area contributed by atoms with Crippen molar-refractivity contribution in [3.8, 4) is 0 Å². The van der Waals surface area contributed by atoms with Crippen LogP contribution in [0.1, 0.15) is 89.7 Å². The van der Waals surface area contributed by atoms with Crippen LogP contribution in [0.5, 0.6) is 0 Å². The van der Waals surface area contributed by atoms with E-state index in [4.69, 9.17) is 10.3 Å². The summed E-state index contributed by atoms with van der Waals surface area (Å²) in [6.45, 7) is 12.2. The first-order valence-electron chi connectivity index (χ1n) is 10.5. The molecule has 168 valence electrons. The summed E-state index contributed by atoms with van der Waals surface area (Å²) in [6, 6.07) is 6.63. The number of nitrogens with zero attached hydrogens (tertiary/aromatic N) is 3. The molecule has 1 aliphatic rings. The predicted octanol–water partition coefficient (Wildman–Crippen LogP) is 8.77. The van der Waals surface area contributed by atoms with Gasteiger partial charge in [-0.2, -0.15) is 14.1 Å². The summed E-state index contributed by atoms with van der Waals surface area (Å²) in [4.78, 5) is 4.85. The van der Waals surface area contributed by atoms with Gasteiger partial charge in [0.2, 0.25) is 0 Å². The van der Waals surface area contributed by atoms with Crippen LogP contribution in [0.4, 0.5) is 5.69 Å². The zero-order valence-electron chi connectivity index (χ0n) is 21.0. The second-order valence-corrected chi connectivity index (χ2v) is 7.82. The van der Waals surface area contributed by atoms with Gasteiger partial charge in [0.1, 0.15) is 0 Å². The van der Waals surface area contributed by atoms with Crippen LogP contribution in [0, 0.1) is 14.9 Å². The molecule has 30 heavy (non-hydrogen) atoms. The van der Waals surface area contributed by atoms with Gasteiger partial charge in [-0.3, -0.25) is 4.99 Å². The van der Waals surface area contributed by atoms with Crippen molar-refractivity contribution in [1.82, 2.24) is 0 Å². The van der Waals surface area contributed by atoms with E-state index >= 15 is 0 Å². The number of unbranched alkanes of at least 4 members (excludes halogenated alkanes) is 1. The Balaban J connectivity index is -0.00000114. The standard InChI is InChI=1S/C22H33N2.C2H6N.2CH3.Hf/c1-6-7-15-23-20-13-8-9-14-21(20)24-22-18(16(2)3)11-10-12-19(22)17(4)5;1-3-2;;;/h10-12,14,16-17H,6-9,13,15H2,1-5H3;1-2H3;2*1H3;/q4*-1;+4. The number of para-hydroxylation sites is 1. The SMILES string of the molecule is CCCCN=C1CCCC=C1[N-]c1c(C(C)C)cccc1C(C)C.C[N-]C.[CH3-].[CH3-].[Hf+4]. The van der Waals surface area contributed by atoms with Crippen molar-refractivity contribution in [2.24, 2.45) is 4.99 Å². The van der Waals surface area contributed by atoms with Gasteiger partial charge in [0.15, 0.2) is 0 Å². The van der Waals surface area contributed by atoms with Crippen LogP contribution in [-0.4, -0.2) is 26.4 Å². The van der Waals surface area contributed by atoms with Crippen molar-refractivity contribution in [3.63, 3.8) is 0 Å². The maximum absolute atomic E-state index is 5.15. The van der Waals surface area contributed by atoms with Crippen molar-refractivity contribution < 1.29 is 25.8 Å². The van der Waals surface area contributed by atoms with Crippen LogP contribution in [0.15, 0.2) is 35.0 Å². The monoisotopic (exact) mass is 579 g/mol. The van der Waals surface area contributed by atoms with E-state index in [2.05, 4.69) is 64.2 Å². The molecular formula is C26H45HfN3. The molecule has 1 aromatic carbocycles. The van der Waals surface area contributed by atoms with Crippen LogP contribution in [0.3, 0.4) is 0 Å². The third-order valence-corrected chi connectivity index (χ3v) is 4.64. The fourth-order valence-corrected chi connectivity index (χ4v) is 3.16. The molecule has 0 radical (unpaired) electrons. The predicted molar refractivity (Wildman–Crippen MR) is 135 cm³/mol. The number of aliphatic imine (C=N–C) groups is 1. The van der Waals surface area contributed by atoms with Crippen molar-refractivity contribution in [2.75, 3.05) is 20.6 Å². The minimum Gasteiger partial charge on any atom is -0.668 e. The minimum atomic E-state index is 0. The molecule has 0 aromatic heterocycles. The Morgan fingerprint density at radius 2 is 1.53 bits per heavy atom. The molecule has 0 bridgehead atoms. The molecule has 2 rings (SSSR count). The number of rotatable bonds is 7. The molecule has 0 heterocycles. The molecule has 4 heteroatoms. The van der Waals surface area contributed by atoms with E-state index in [1.165, 1.54) is 35.4 Å². The summed E-state index contributed by atoms with van der Waals surface area (Å²) in [6.07, 6.45) is 8.03. The van der Waals surface area contributed by atoms with Crippen LogP contribution in [0.25, 0.3) is 10.6 Å². The molecule has 3 nitrogen and oxygen atoms in total. The van der Waals surface area contributed by atoms with E-state index in [1.54, 1.807) is 14.1 Å². The first-order chi connectivity index (χ1) is 13.0. The molecule has 0 amide bonds. The molecule has 0 fully saturated rings. The second-order valence-electron chi connectivity index (χ2n) is 7.82. The Hall–Kier alpha value is -0.740. The van der Waals surface area contributed by atoms with Gasteiger partial charge in [-0.25, -0.2) is 0 Å². The molecule has 0 saturated heterocycles. The largest absolute Gasteiger partial charge is 4.00 e. The molecule has 0 saturated carbocycles. The van der Waals surface area contributed by atoms with Crippen LogP contribution < -0.4 is 0 Å². The maximum atomic E-state index is 5.15.